The van der Waals surface area contributed by atoms with E-state index in [1.165, 1.54) is 19.1 Å². The molecule has 0 heterocycles. The van der Waals surface area contributed by atoms with E-state index >= 15 is 0 Å². The molecule has 1 atom stereocenters. The topological polar surface area (TPSA) is 81.4 Å². The fraction of sp³-hybridized carbons (Fsp3) is 0.500. The van der Waals surface area contributed by atoms with E-state index in [0.717, 1.165) is 12.8 Å². The van der Waals surface area contributed by atoms with Crippen LogP contribution in [0.1, 0.15) is 31.4 Å². The van der Waals surface area contributed by atoms with E-state index in [0.29, 0.717) is 12.5 Å². The molecule has 0 amide bonds. The van der Waals surface area contributed by atoms with E-state index in [9.17, 15) is 12.8 Å². The predicted molar refractivity (Wildman–Crippen MR) is 69.3 cm³/mol. The molecule has 2 rings (SSSR count). The Morgan fingerprint density at radius 1 is 1.53 bits per heavy atom. The highest BCUT2D eigenvalue weighted by molar-refractivity contribution is 7.87. The molecule has 7 heteroatoms. The SMILES string of the molecule is C[C@H](NS(N)(=O)=O)c1cccc(OCC2CC2)c1F. The fourth-order valence-electron chi connectivity index (χ4n) is 1.78. The third-order valence-corrected chi connectivity index (χ3v) is 3.65. The molecule has 1 aromatic carbocycles. The van der Waals surface area contributed by atoms with Crippen LogP contribution in [-0.2, 0) is 10.2 Å². The maximum atomic E-state index is 14.2. The van der Waals surface area contributed by atoms with Crippen LogP contribution < -0.4 is 14.6 Å². The van der Waals surface area contributed by atoms with Gasteiger partial charge >= 0.3 is 0 Å². The number of nitrogens with two attached hydrogens (primary N) is 1. The third-order valence-electron chi connectivity index (χ3n) is 2.97. The van der Waals surface area contributed by atoms with Crippen LogP contribution in [-0.4, -0.2) is 15.0 Å². The van der Waals surface area contributed by atoms with Crippen molar-refractivity contribution in [3.8, 4) is 5.75 Å². The molecule has 5 nitrogen and oxygen atoms in total. The van der Waals surface area contributed by atoms with Crippen LogP contribution in [0.3, 0.4) is 0 Å². The molecule has 0 bridgehead atoms. The first kappa shape index (κ1) is 14.2. The minimum atomic E-state index is -3.87. The van der Waals surface area contributed by atoms with Gasteiger partial charge in [-0.3, -0.25) is 0 Å². The number of halogens is 1. The molecular formula is C12H17FN2O3S. The van der Waals surface area contributed by atoms with Crippen molar-refractivity contribution in [2.24, 2.45) is 11.1 Å². The zero-order valence-corrected chi connectivity index (χ0v) is 11.4. The Hall–Kier alpha value is -1.18. The quantitative estimate of drug-likeness (QED) is 0.831. The average molecular weight is 288 g/mol. The van der Waals surface area contributed by atoms with Crippen LogP contribution in [0.4, 0.5) is 4.39 Å². The van der Waals surface area contributed by atoms with Crippen LogP contribution >= 0.6 is 0 Å². The van der Waals surface area contributed by atoms with Gasteiger partial charge in [-0.05, 0) is 31.7 Å². The number of ether oxygens (including phenoxy) is 1. The second kappa shape index (κ2) is 5.44. The van der Waals surface area contributed by atoms with Crippen molar-refractivity contribution in [2.45, 2.75) is 25.8 Å². The number of hydrogen-bond acceptors (Lipinski definition) is 3. The molecule has 0 aromatic heterocycles. The lowest BCUT2D eigenvalue weighted by Gasteiger charge is -2.15. The summed E-state index contributed by atoms with van der Waals surface area (Å²) in [6.45, 7) is 2.02. The standard InChI is InChI=1S/C12H17FN2O3S/c1-8(15-19(14,16)17)10-3-2-4-11(12(10)13)18-7-9-5-6-9/h2-4,8-9,15H,5-7H2,1H3,(H2,14,16,17)/t8-/m0/s1. The van der Waals surface area contributed by atoms with Gasteiger partial charge in [-0.25, -0.2) is 9.53 Å². The number of nitrogens with one attached hydrogen (secondary N) is 1. The Morgan fingerprint density at radius 3 is 2.79 bits per heavy atom. The van der Waals surface area contributed by atoms with Gasteiger partial charge < -0.3 is 4.74 Å². The van der Waals surface area contributed by atoms with Crippen LogP contribution in [0.2, 0.25) is 0 Å². The van der Waals surface area contributed by atoms with Crippen molar-refractivity contribution < 1.29 is 17.5 Å². The predicted octanol–water partition coefficient (Wildman–Crippen LogP) is 1.47. The number of rotatable bonds is 6. The summed E-state index contributed by atoms with van der Waals surface area (Å²) in [6, 6.07) is 3.91. The summed E-state index contributed by atoms with van der Waals surface area (Å²) in [5.41, 5.74) is 0.210. The molecule has 0 spiro atoms. The monoisotopic (exact) mass is 288 g/mol. The summed E-state index contributed by atoms with van der Waals surface area (Å²) >= 11 is 0. The highest BCUT2D eigenvalue weighted by Gasteiger charge is 2.23. The van der Waals surface area contributed by atoms with Crippen LogP contribution in [0.5, 0.6) is 5.75 Å². The van der Waals surface area contributed by atoms with Crippen LogP contribution in [0.15, 0.2) is 18.2 Å². The Morgan fingerprint density at radius 2 is 2.21 bits per heavy atom. The summed E-state index contributed by atoms with van der Waals surface area (Å²) in [7, 11) is -3.87. The van der Waals surface area contributed by atoms with Gasteiger partial charge in [0.05, 0.1) is 6.61 Å². The van der Waals surface area contributed by atoms with Gasteiger partial charge in [-0.1, -0.05) is 12.1 Å². The van der Waals surface area contributed by atoms with Gasteiger partial charge in [0.25, 0.3) is 10.2 Å². The van der Waals surface area contributed by atoms with Gasteiger partial charge in [0.2, 0.25) is 0 Å². The largest absolute Gasteiger partial charge is 0.490 e. The van der Waals surface area contributed by atoms with Gasteiger partial charge in [0.1, 0.15) is 0 Å². The third kappa shape index (κ3) is 4.15. The van der Waals surface area contributed by atoms with E-state index < -0.39 is 22.1 Å². The molecule has 1 aliphatic rings. The zero-order chi connectivity index (χ0) is 14.0. The van der Waals surface area contributed by atoms with Crippen LogP contribution in [0.25, 0.3) is 0 Å². The first-order valence-corrected chi connectivity index (χ1v) is 7.62. The maximum Gasteiger partial charge on any atom is 0.274 e. The molecule has 19 heavy (non-hydrogen) atoms. The molecule has 0 radical (unpaired) electrons. The van der Waals surface area contributed by atoms with E-state index in [1.807, 2.05) is 0 Å². The molecule has 1 aromatic rings. The Labute approximate surface area is 112 Å². The molecule has 1 aliphatic carbocycles. The number of hydrogen-bond donors (Lipinski definition) is 2. The van der Waals surface area contributed by atoms with Gasteiger partial charge in [0, 0.05) is 11.6 Å². The molecule has 1 fully saturated rings. The van der Waals surface area contributed by atoms with E-state index in [-0.39, 0.29) is 11.3 Å². The summed E-state index contributed by atoms with van der Waals surface area (Å²) < 4.78 is 43.6. The van der Waals surface area contributed by atoms with Gasteiger partial charge in [-0.15, -0.1) is 0 Å². The van der Waals surface area contributed by atoms with Crippen molar-refractivity contribution in [2.75, 3.05) is 6.61 Å². The molecule has 0 unspecified atom stereocenters. The second-order valence-electron chi connectivity index (χ2n) is 4.80. The van der Waals surface area contributed by atoms with Crippen molar-refractivity contribution in [1.82, 2.24) is 4.72 Å². The van der Waals surface area contributed by atoms with E-state index in [4.69, 9.17) is 9.88 Å². The number of benzene rings is 1. The molecule has 0 saturated heterocycles. The Bertz CT molecular complexity index is 558. The van der Waals surface area contributed by atoms with Crippen molar-refractivity contribution in [3.05, 3.63) is 29.6 Å². The van der Waals surface area contributed by atoms with Crippen molar-refractivity contribution >= 4 is 10.2 Å². The van der Waals surface area contributed by atoms with Crippen molar-refractivity contribution in [3.63, 3.8) is 0 Å². The van der Waals surface area contributed by atoms with E-state index in [2.05, 4.69) is 4.72 Å². The summed E-state index contributed by atoms with van der Waals surface area (Å²) in [4.78, 5) is 0. The smallest absolute Gasteiger partial charge is 0.274 e. The van der Waals surface area contributed by atoms with E-state index in [1.54, 1.807) is 6.07 Å². The van der Waals surface area contributed by atoms with Crippen LogP contribution in [0, 0.1) is 11.7 Å². The Kier molecular flexibility index (Phi) is 4.07. The summed E-state index contributed by atoms with van der Waals surface area (Å²) in [6.07, 6.45) is 2.23. The molecule has 106 valence electrons. The minimum Gasteiger partial charge on any atom is -0.490 e. The van der Waals surface area contributed by atoms with Crippen molar-refractivity contribution in [1.29, 1.82) is 0 Å². The molecule has 3 N–H and O–H groups in total. The lowest BCUT2D eigenvalue weighted by Crippen LogP contribution is -2.33. The highest BCUT2D eigenvalue weighted by Crippen LogP contribution is 2.31. The highest BCUT2D eigenvalue weighted by atomic mass is 32.2. The first-order chi connectivity index (χ1) is 8.87. The summed E-state index contributed by atoms with van der Waals surface area (Å²) in [5.74, 6) is 0.113. The first-order valence-electron chi connectivity index (χ1n) is 6.08. The van der Waals surface area contributed by atoms with Gasteiger partial charge in [-0.2, -0.15) is 13.1 Å². The molecule has 1 saturated carbocycles. The lowest BCUT2D eigenvalue weighted by atomic mass is 10.1. The molecular weight excluding hydrogens is 271 g/mol. The lowest BCUT2D eigenvalue weighted by molar-refractivity contribution is 0.284. The maximum absolute atomic E-state index is 14.2. The molecule has 0 aliphatic heterocycles. The Balaban J connectivity index is 2.13. The zero-order valence-electron chi connectivity index (χ0n) is 10.6. The van der Waals surface area contributed by atoms with Gasteiger partial charge in [0.15, 0.2) is 11.6 Å². The normalized spacial score (nSPS) is 17.2. The summed E-state index contributed by atoms with van der Waals surface area (Å²) in [5, 5.41) is 4.88. The fourth-order valence-corrected chi connectivity index (χ4v) is 2.40. The minimum absolute atomic E-state index is 0.146. The average Bonchev–Trinajstić information content (AvgIpc) is 3.09. The second-order valence-corrected chi connectivity index (χ2v) is 6.12.